The molecule has 290 valence electrons. The number of carboxylic acid groups (broad SMARTS) is 2. The summed E-state index contributed by atoms with van der Waals surface area (Å²) in [4.78, 5) is 57.1. The molecule has 0 bridgehead atoms. The fourth-order valence-electron chi connectivity index (χ4n) is 6.56. The van der Waals surface area contributed by atoms with Gasteiger partial charge < -0.3 is 20.8 Å². The van der Waals surface area contributed by atoms with Gasteiger partial charge in [-0.3, -0.25) is 24.2 Å². The molecule has 6 aromatic rings. The minimum absolute atomic E-state index is 0.194. The van der Waals surface area contributed by atoms with Gasteiger partial charge in [-0.1, -0.05) is 96.6 Å². The first-order valence-corrected chi connectivity index (χ1v) is 18.5. The highest BCUT2D eigenvalue weighted by Crippen LogP contribution is 2.27. The summed E-state index contributed by atoms with van der Waals surface area (Å²) in [7, 11) is 0. The van der Waals surface area contributed by atoms with Crippen LogP contribution >= 0.6 is 0 Å². The molecule has 0 saturated heterocycles. The zero-order chi connectivity index (χ0) is 41.1. The number of amides is 2. The van der Waals surface area contributed by atoms with Gasteiger partial charge >= 0.3 is 11.9 Å². The van der Waals surface area contributed by atoms with Gasteiger partial charge in [0.05, 0.1) is 36.2 Å². The summed E-state index contributed by atoms with van der Waals surface area (Å²) in [5.41, 5.74) is 11.0. The maximum absolute atomic E-state index is 12.9. The molecule has 6 rings (SSSR count). The van der Waals surface area contributed by atoms with Crippen molar-refractivity contribution in [1.82, 2.24) is 20.6 Å². The average molecular weight is 763 g/mol. The number of carboxylic acids is 2. The molecule has 0 aliphatic carbocycles. The van der Waals surface area contributed by atoms with Crippen LogP contribution in [0.15, 0.2) is 128 Å². The number of aromatic nitrogens is 2. The second-order valence-electron chi connectivity index (χ2n) is 13.9. The molecule has 4 aromatic carbocycles. The van der Waals surface area contributed by atoms with Gasteiger partial charge in [0.2, 0.25) is 0 Å². The van der Waals surface area contributed by atoms with E-state index in [4.69, 9.17) is 0 Å². The Kier molecular flexibility index (Phi) is 13.8. The number of hydrogen-bond acceptors (Lipinski definition) is 6. The van der Waals surface area contributed by atoms with E-state index in [0.29, 0.717) is 11.3 Å². The van der Waals surface area contributed by atoms with Crippen molar-refractivity contribution in [2.24, 2.45) is 0 Å². The quantitative estimate of drug-likeness (QED) is 0.0962. The molecule has 2 heterocycles. The van der Waals surface area contributed by atoms with E-state index >= 15 is 0 Å². The summed E-state index contributed by atoms with van der Waals surface area (Å²) in [5, 5.41) is 24.3. The van der Waals surface area contributed by atoms with E-state index in [0.717, 1.165) is 50.1 Å². The van der Waals surface area contributed by atoms with Crippen LogP contribution in [-0.2, 0) is 9.59 Å². The van der Waals surface area contributed by atoms with Gasteiger partial charge in [-0.05, 0) is 97.8 Å². The minimum Gasteiger partial charge on any atom is -0.481 e. The van der Waals surface area contributed by atoms with Crippen LogP contribution in [0.3, 0.4) is 0 Å². The number of aryl methyl sites for hydroxylation is 4. The topological polar surface area (TPSA) is 159 Å². The van der Waals surface area contributed by atoms with Crippen molar-refractivity contribution in [2.45, 2.75) is 59.5 Å². The summed E-state index contributed by atoms with van der Waals surface area (Å²) in [5.74, 6) is -2.70. The van der Waals surface area contributed by atoms with Crippen molar-refractivity contribution in [2.75, 3.05) is 0 Å². The lowest BCUT2D eigenvalue weighted by Gasteiger charge is -2.19. The van der Waals surface area contributed by atoms with Crippen LogP contribution in [0, 0.1) is 34.6 Å². The number of carbonyl (C=O) groups is 4. The lowest BCUT2D eigenvalue weighted by atomic mass is 9.96. The summed E-state index contributed by atoms with van der Waals surface area (Å²) in [6.07, 6.45) is 2.84. The number of hydrogen-bond donors (Lipinski definition) is 4. The number of carbonyl (C=O) groups excluding carboxylic acids is 2. The normalized spacial score (nSPS) is 11.7. The van der Waals surface area contributed by atoms with Crippen LogP contribution in [-0.4, -0.2) is 43.9 Å². The number of benzene rings is 4. The van der Waals surface area contributed by atoms with Crippen molar-refractivity contribution < 1.29 is 29.4 Å². The highest BCUT2D eigenvalue weighted by atomic mass is 16.4. The smallest absolute Gasteiger partial charge is 0.305 e. The molecule has 0 unspecified atom stereocenters. The fourth-order valence-corrected chi connectivity index (χ4v) is 6.56. The van der Waals surface area contributed by atoms with Crippen LogP contribution < -0.4 is 10.6 Å². The highest BCUT2D eigenvalue weighted by Gasteiger charge is 2.22. The lowest BCUT2D eigenvalue weighted by molar-refractivity contribution is -0.138. The van der Waals surface area contributed by atoms with Crippen molar-refractivity contribution >= 4 is 23.8 Å². The predicted octanol–water partition coefficient (Wildman–Crippen LogP) is 8.93. The van der Waals surface area contributed by atoms with Crippen molar-refractivity contribution in [3.63, 3.8) is 0 Å². The zero-order valence-electron chi connectivity index (χ0n) is 32.6. The standard InChI is InChI=1S/C24H24N2O3.C23H22N2O3/c1-15-8-6-10-21(17(15)3)18-11-19(14-25-13-18)24(29)26-22(12-23(27)28)20-9-5-4-7-16(20)2;1-15-7-5-9-17(13-15)19-11-6-12-20(24-19)23(28)25-21(14-22(26)27)18-10-4-3-8-16(18)2/h4-11,13-14,22H,12H2,1-3H3,(H,26,29)(H,27,28);3-13,21H,14H2,1-2H3,(H,25,28)(H,26,27)/t22-;21-/m00/s1. The highest BCUT2D eigenvalue weighted by molar-refractivity contribution is 5.96. The summed E-state index contributed by atoms with van der Waals surface area (Å²) in [6.45, 7) is 9.88. The van der Waals surface area contributed by atoms with E-state index in [1.807, 2.05) is 132 Å². The fraction of sp³-hybridized carbons (Fsp3) is 0.191. The Morgan fingerprint density at radius 1 is 0.579 bits per heavy atom. The summed E-state index contributed by atoms with van der Waals surface area (Å²) < 4.78 is 0. The van der Waals surface area contributed by atoms with Gasteiger partial charge in [0.15, 0.2) is 0 Å². The Hall–Kier alpha value is -6.94. The Morgan fingerprint density at radius 2 is 1.14 bits per heavy atom. The molecule has 10 nitrogen and oxygen atoms in total. The van der Waals surface area contributed by atoms with Gasteiger partial charge in [-0.2, -0.15) is 0 Å². The van der Waals surface area contributed by atoms with Crippen LogP contribution in [0.4, 0.5) is 0 Å². The van der Waals surface area contributed by atoms with E-state index in [2.05, 4.69) is 20.6 Å². The number of pyridine rings is 2. The second kappa shape index (κ2) is 19.1. The van der Waals surface area contributed by atoms with Crippen LogP contribution in [0.1, 0.15) is 84.7 Å². The average Bonchev–Trinajstić information content (AvgIpc) is 3.19. The molecule has 2 aromatic heterocycles. The van der Waals surface area contributed by atoms with Gasteiger partial charge in [0.1, 0.15) is 5.69 Å². The lowest BCUT2D eigenvalue weighted by Crippen LogP contribution is -2.31. The van der Waals surface area contributed by atoms with Crippen LogP contribution in [0.2, 0.25) is 0 Å². The molecular weight excluding hydrogens is 717 g/mol. The Balaban J connectivity index is 0.000000218. The molecule has 0 aliphatic heterocycles. The maximum atomic E-state index is 12.9. The molecule has 0 spiro atoms. The van der Waals surface area contributed by atoms with Gasteiger partial charge in [0, 0.05) is 23.5 Å². The molecule has 0 fully saturated rings. The molecule has 0 aliphatic rings. The number of nitrogens with zero attached hydrogens (tertiary/aromatic N) is 2. The van der Waals surface area contributed by atoms with E-state index < -0.39 is 29.9 Å². The molecule has 2 amide bonds. The number of nitrogens with one attached hydrogen (secondary N) is 2. The van der Waals surface area contributed by atoms with E-state index in [1.54, 1.807) is 24.4 Å². The molecule has 0 saturated carbocycles. The van der Waals surface area contributed by atoms with Crippen LogP contribution in [0.25, 0.3) is 22.4 Å². The minimum atomic E-state index is -0.977. The van der Waals surface area contributed by atoms with Crippen molar-refractivity contribution in [1.29, 1.82) is 0 Å². The van der Waals surface area contributed by atoms with Crippen LogP contribution in [0.5, 0.6) is 0 Å². The molecular formula is C47H46N4O6. The molecule has 10 heteroatoms. The van der Waals surface area contributed by atoms with E-state index in [-0.39, 0.29) is 24.4 Å². The Morgan fingerprint density at radius 3 is 1.74 bits per heavy atom. The third-order valence-electron chi connectivity index (χ3n) is 9.71. The summed E-state index contributed by atoms with van der Waals surface area (Å²) >= 11 is 0. The first-order chi connectivity index (χ1) is 27.3. The molecule has 2 atom stereocenters. The Bertz CT molecular complexity index is 2410. The van der Waals surface area contributed by atoms with Crippen molar-refractivity contribution in [3.05, 3.63) is 178 Å². The van der Waals surface area contributed by atoms with Gasteiger partial charge in [0.25, 0.3) is 11.8 Å². The molecule has 57 heavy (non-hydrogen) atoms. The molecule has 4 N–H and O–H groups in total. The monoisotopic (exact) mass is 762 g/mol. The summed E-state index contributed by atoms with van der Waals surface area (Å²) in [6, 6.07) is 34.6. The largest absolute Gasteiger partial charge is 0.481 e. The van der Waals surface area contributed by atoms with Crippen molar-refractivity contribution in [3.8, 4) is 22.4 Å². The number of rotatable bonds is 12. The van der Waals surface area contributed by atoms with Gasteiger partial charge in [-0.25, -0.2) is 4.98 Å². The number of aliphatic carboxylic acids is 2. The first kappa shape index (κ1) is 41.2. The predicted molar refractivity (Wildman–Crippen MR) is 221 cm³/mol. The molecule has 0 radical (unpaired) electrons. The maximum Gasteiger partial charge on any atom is 0.305 e. The second-order valence-corrected chi connectivity index (χ2v) is 13.9. The zero-order valence-corrected chi connectivity index (χ0v) is 32.6. The van der Waals surface area contributed by atoms with E-state index in [1.165, 1.54) is 11.8 Å². The SMILES string of the molecule is Cc1cccc(-c2cccc(C(=O)N[C@@H](CC(=O)O)c3ccccc3C)n2)c1.Cc1ccccc1[C@H](CC(=O)O)NC(=O)c1cncc(-c2cccc(C)c2C)c1. The van der Waals surface area contributed by atoms with Gasteiger partial charge in [-0.15, -0.1) is 0 Å². The first-order valence-electron chi connectivity index (χ1n) is 18.5. The third kappa shape index (κ3) is 11.1. The van der Waals surface area contributed by atoms with E-state index in [9.17, 15) is 29.4 Å². The third-order valence-corrected chi connectivity index (χ3v) is 9.71. The Labute approximate surface area is 332 Å².